The monoisotopic (exact) mass is 257 g/mol. The lowest BCUT2D eigenvalue weighted by atomic mass is 10.00. The molecule has 1 atom stereocenters. The Bertz CT molecular complexity index is 238. The fraction of sp³-hybridized carbons (Fsp3) is 0.929. The fourth-order valence-corrected chi connectivity index (χ4v) is 2.56. The van der Waals surface area contributed by atoms with Gasteiger partial charge in [0.1, 0.15) is 0 Å². The molecule has 0 amide bonds. The Balaban J connectivity index is 2.15. The maximum Gasteiger partial charge on any atom is 0.0733 e. The molecular weight excluding hydrogens is 230 g/mol. The Labute approximate surface area is 111 Å². The molecule has 0 aromatic rings. The van der Waals surface area contributed by atoms with Gasteiger partial charge < -0.3 is 10.5 Å². The van der Waals surface area contributed by atoms with Crippen molar-refractivity contribution in [3.05, 3.63) is 0 Å². The Morgan fingerprint density at radius 2 is 2.12 bits per heavy atom. The van der Waals surface area contributed by atoms with Gasteiger partial charge in [-0.15, -0.1) is 0 Å². The van der Waals surface area contributed by atoms with E-state index in [0.717, 1.165) is 25.6 Å². The molecule has 1 unspecified atom stereocenters. The quantitative estimate of drug-likeness (QED) is 0.606. The Kier molecular flexibility index (Phi) is 6.42. The second-order valence-electron chi connectivity index (χ2n) is 5.57. The van der Waals surface area contributed by atoms with Gasteiger partial charge >= 0.3 is 0 Å². The number of rotatable bonds is 10. The van der Waals surface area contributed by atoms with Crippen LogP contribution in [-0.2, 0) is 4.74 Å². The molecule has 2 N–H and O–H groups in total. The van der Waals surface area contributed by atoms with Crippen LogP contribution in [0, 0.1) is 11.3 Å². The van der Waals surface area contributed by atoms with Crippen LogP contribution in [0.2, 0.25) is 0 Å². The second kappa shape index (κ2) is 7.32. The highest BCUT2D eigenvalue weighted by Crippen LogP contribution is 2.49. The molecule has 0 radical (unpaired) electrons. The van der Waals surface area contributed by atoms with Crippen LogP contribution in [0.1, 0.15) is 58.8 Å². The van der Waals surface area contributed by atoms with Crippen LogP contribution in [0.25, 0.3) is 0 Å². The first-order valence-corrected chi connectivity index (χ1v) is 7.39. The van der Waals surface area contributed by atoms with Crippen molar-refractivity contribution < 1.29 is 4.74 Å². The lowest BCUT2D eigenvalue weighted by Crippen LogP contribution is -2.21. The minimum absolute atomic E-state index is 0.314. The van der Waals surface area contributed by atoms with Crippen molar-refractivity contribution in [2.45, 2.75) is 58.8 Å². The molecule has 3 heteroatoms. The van der Waals surface area contributed by atoms with Crippen molar-refractivity contribution in [2.24, 2.45) is 17.1 Å². The Morgan fingerprint density at radius 3 is 2.59 bits per heavy atom. The normalized spacial score (nSPS) is 18.9. The van der Waals surface area contributed by atoms with Crippen molar-refractivity contribution in [3.63, 3.8) is 0 Å². The van der Waals surface area contributed by atoms with Crippen LogP contribution in [0.5, 0.6) is 0 Å². The molecule has 0 aromatic heterocycles. The number of hydrogen-bond acceptors (Lipinski definition) is 2. The van der Waals surface area contributed by atoms with E-state index in [2.05, 4.69) is 13.8 Å². The van der Waals surface area contributed by atoms with E-state index in [9.17, 15) is 0 Å². The summed E-state index contributed by atoms with van der Waals surface area (Å²) >= 11 is 4.99. The van der Waals surface area contributed by atoms with Crippen LogP contribution in [0.3, 0.4) is 0 Å². The molecule has 0 aromatic carbocycles. The minimum Gasteiger partial charge on any atom is -0.393 e. The van der Waals surface area contributed by atoms with Gasteiger partial charge in [0.15, 0.2) is 0 Å². The summed E-state index contributed by atoms with van der Waals surface area (Å²) in [6.45, 7) is 6.27. The third-order valence-corrected chi connectivity index (χ3v) is 3.96. The van der Waals surface area contributed by atoms with E-state index in [1.165, 1.54) is 38.5 Å². The summed E-state index contributed by atoms with van der Waals surface area (Å²) in [5.74, 6) is 0.732. The standard InChI is InChI=1S/C14H27NOS/c1-3-5-6-12(4-2)10-16-11-14(7-8-14)9-13(15)17/h12H,3-11H2,1-2H3,(H2,15,17). The van der Waals surface area contributed by atoms with Gasteiger partial charge in [0, 0.05) is 18.4 Å². The van der Waals surface area contributed by atoms with Crippen molar-refractivity contribution in [2.75, 3.05) is 13.2 Å². The first-order valence-electron chi connectivity index (χ1n) is 6.98. The SMILES string of the molecule is CCCCC(CC)COCC1(CC(N)=S)CC1. The molecule has 1 fully saturated rings. The van der Waals surface area contributed by atoms with E-state index in [4.69, 9.17) is 22.7 Å². The van der Waals surface area contributed by atoms with Crippen LogP contribution in [0.15, 0.2) is 0 Å². The van der Waals surface area contributed by atoms with E-state index in [0.29, 0.717) is 10.4 Å². The van der Waals surface area contributed by atoms with Crippen LogP contribution < -0.4 is 5.73 Å². The first-order chi connectivity index (χ1) is 8.12. The maximum atomic E-state index is 5.90. The highest BCUT2D eigenvalue weighted by atomic mass is 32.1. The average Bonchev–Trinajstić information content (AvgIpc) is 3.02. The molecule has 1 rings (SSSR count). The van der Waals surface area contributed by atoms with Crippen molar-refractivity contribution >= 4 is 17.2 Å². The molecule has 17 heavy (non-hydrogen) atoms. The predicted octanol–water partition coefficient (Wildman–Crippen LogP) is 3.68. The molecule has 1 aliphatic rings. The Morgan fingerprint density at radius 1 is 1.41 bits per heavy atom. The summed E-state index contributed by atoms with van der Waals surface area (Å²) in [6, 6.07) is 0. The van der Waals surface area contributed by atoms with Gasteiger partial charge in [-0.25, -0.2) is 0 Å². The molecule has 0 aliphatic heterocycles. The average molecular weight is 257 g/mol. The van der Waals surface area contributed by atoms with Gasteiger partial charge in [-0.3, -0.25) is 0 Å². The first kappa shape index (κ1) is 14.9. The molecular formula is C14H27NOS. The van der Waals surface area contributed by atoms with E-state index < -0.39 is 0 Å². The number of unbranched alkanes of at least 4 members (excludes halogenated alkanes) is 1. The van der Waals surface area contributed by atoms with E-state index in [1.807, 2.05) is 0 Å². The molecule has 1 saturated carbocycles. The minimum atomic E-state index is 0.314. The van der Waals surface area contributed by atoms with Gasteiger partial charge in [0.25, 0.3) is 0 Å². The highest BCUT2D eigenvalue weighted by Gasteiger charge is 2.43. The number of nitrogens with two attached hydrogens (primary N) is 1. The van der Waals surface area contributed by atoms with Gasteiger partial charge in [-0.1, -0.05) is 45.3 Å². The van der Waals surface area contributed by atoms with Gasteiger partial charge in [-0.2, -0.15) is 0 Å². The summed E-state index contributed by atoms with van der Waals surface area (Å²) in [4.78, 5) is 0.643. The van der Waals surface area contributed by atoms with Gasteiger partial charge in [0.05, 0.1) is 11.6 Å². The molecule has 2 nitrogen and oxygen atoms in total. The molecule has 100 valence electrons. The van der Waals surface area contributed by atoms with E-state index in [1.54, 1.807) is 0 Å². The molecule has 0 spiro atoms. The molecule has 0 bridgehead atoms. The van der Waals surface area contributed by atoms with Crippen LogP contribution in [0.4, 0.5) is 0 Å². The summed E-state index contributed by atoms with van der Waals surface area (Å²) in [5.41, 5.74) is 5.93. The zero-order valence-corrected chi connectivity index (χ0v) is 12.2. The zero-order valence-electron chi connectivity index (χ0n) is 11.3. The highest BCUT2D eigenvalue weighted by molar-refractivity contribution is 7.80. The summed E-state index contributed by atoms with van der Waals surface area (Å²) in [6.07, 6.45) is 8.46. The van der Waals surface area contributed by atoms with E-state index in [-0.39, 0.29) is 0 Å². The third kappa shape index (κ3) is 5.82. The third-order valence-electron chi connectivity index (χ3n) is 3.81. The lowest BCUT2D eigenvalue weighted by molar-refractivity contribution is 0.0614. The van der Waals surface area contributed by atoms with Crippen molar-refractivity contribution in [1.82, 2.24) is 0 Å². The molecule has 0 heterocycles. The summed E-state index contributed by atoms with van der Waals surface area (Å²) in [5, 5.41) is 0. The summed E-state index contributed by atoms with van der Waals surface area (Å²) in [7, 11) is 0. The predicted molar refractivity (Wildman–Crippen MR) is 77.2 cm³/mol. The fourth-order valence-electron chi connectivity index (χ4n) is 2.26. The molecule has 1 aliphatic carbocycles. The second-order valence-corrected chi connectivity index (χ2v) is 6.10. The number of hydrogen-bond donors (Lipinski definition) is 1. The largest absolute Gasteiger partial charge is 0.393 e. The van der Waals surface area contributed by atoms with Crippen LogP contribution in [-0.4, -0.2) is 18.2 Å². The maximum absolute atomic E-state index is 5.90. The zero-order chi connectivity index (χ0) is 12.7. The Hall–Kier alpha value is -0.150. The number of thiocarbonyl (C=S) groups is 1. The number of ether oxygens (including phenoxy) is 1. The van der Waals surface area contributed by atoms with E-state index >= 15 is 0 Å². The smallest absolute Gasteiger partial charge is 0.0733 e. The topological polar surface area (TPSA) is 35.2 Å². The van der Waals surface area contributed by atoms with Crippen molar-refractivity contribution in [3.8, 4) is 0 Å². The van der Waals surface area contributed by atoms with Crippen LogP contribution >= 0.6 is 12.2 Å². The molecule has 0 saturated heterocycles. The van der Waals surface area contributed by atoms with Gasteiger partial charge in [0.2, 0.25) is 0 Å². The lowest BCUT2D eigenvalue weighted by Gasteiger charge is -2.18. The van der Waals surface area contributed by atoms with Gasteiger partial charge in [-0.05, 0) is 25.2 Å². The summed E-state index contributed by atoms with van der Waals surface area (Å²) < 4.78 is 5.90. The van der Waals surface area contributed by atoms with Crippen molar-refractivity contribution in [1.29, 1.82) is 0 Å².